The summed E-state index contributed by atoms with van der Waals surface area (Å²) in [5.74, 6) is -1.44. The average molecular weight is 221 g/mol. The molecule has 4 nitrogen and oxygen atoms in total. The Kier molecular flexibility index (Phi) is 3.32. The first-order chi connectivity index (χ1) is 7.33. The molecule has 1 amide bonds. The molecule has 0 bridgehead atoms. The molecular weight excluding hydrogens is 206 g/mol. The highest BCUT2D eigenvalue weighted by Crippen LogP contribution is 2.07. The number of amides is 1. The number of aliphatic carboxylic acids is 1. The average Bonchev–Trinajstić information content (AvgIpc) is 2.16. The quantitative estimate of drug-likeness (QED) is 0.814. The number of rotatable bonds is 3. The summed E-state index contributed by atoms with van der Waals surface area (Å²) in [6.07, 6.45) is 0. The Morgan fingerprint density at radius 3 is 2.44 bits per heavy atom. The Morgan fingerprint density at radius 1 is 1.31 bits per heavy atom. The minimum Gasteiger partial charge on any atom is -0.480 e. The molecule has 2 N–H and O–H groups in total. The first kappa shape index (κ1) is 12.2. The highest BCUT2D eigenvalue weighted by Gasteiger charge is 2.29. The maximum Gasteiger partial charge on any atom is 0.328 e. The lowest BCUT2D eigenvalue weighted by atomic mass is 10.0. The lowest BCUT2D eigenvalue weighted by molar-refractivity contribution is -0.143. The minimum absolute atomic E-state index is 0.379. The molecule has 16 heavy (non-hydrogen) atoms. The molecule has 0 radical (unpaired) electrons. The van der Waals surface area contributed by atoms with Crippen molar-refractivity contribution in [1.82, 2.24) is 5.32 Å². The van der Waals surface area contributed by atoms with Crippen molar-refractivity contribution in [3.05, 3.63) is 35.4 Å². The van der Waals surface area contributed by atoms with Crippen molar-refractivity contribution in [2.24, 2.45) is 0 Å². The molecule has 0 saturated heterocycles. The van der Waals surface area contributed by atoms with E-state index in [1.165, 1.54) is 13.8 Å². The number of hydrogen-bond acceptors (Lipinski definition) is 2. The molecule has 0 unspecified atom stereocenters. The van der Waals surface area contributed by atoms with Crippen molar-refractivity contribution >= 4 is 11.9 Å². The van der Waals surface area contributed by atoms with Crippen LogP contribution in [0.25, 0.3) is 0 Å². The Labute approximate surface area is 94.3 Å². The van der Waals surface area contributed by atoms with Crippen molar-refractivity contribution in [3.8, 4) is 0 Å². The Hall–Kier alpha value is -1.84. The van der Waals surface area contributed by atoms with Crippen LogP contribution in [0.3, 0.4) is 0 Å². The zero-order chi connectivity index (χ0) is 12.3. The molecule has 0 atom stereocenters. The molecule has 1 aromatic rings. The molecule has 0 aliphatic rings. The maximum atomic E-state index is 11.7. The van der Waals surface area contributed by atoms with Crippen molar-refractivity contribution in [2.75, 3.05) is 0 Å². The monoisotopic (exact) mass is 221 g/mol. The van der Waals surface area contributed by atoms with E-state index in [0.29, 0.717) is 5.56 Å². The fourth-order valence-electron chi connectivity index (χ4n) is 1.20. The van der Waals surface area contributed by atoms with E-state index < -0.39 is 11.5 Å². The van der Waals surface area contributed by atoms with Crippen molar-refractivity contribution < 1.29 is 14.7 Å². The van der Waals surface area contributed by atoms with Crippen LogP contribution in [0.1, 0.15) is 29.8 Å². The smallest absolute Gasteiger partial charge is 0.328 e. The topological polar surface area (TPSA) is 66.4 Å². The van der Waals surface area contributed by atoms with Crippen LogP contribution in [0, 0.1) is 6.92 Å². The SMILES string of the molecule is Cc1cccc(C(=O)NC(C)(C)C(=O)O)c1. The number of aryl methyl sites for hydroxylation is 1. The van der Waals surface area contributed by atoms with Crippen LogP contribution in [0.4, 0.5) is 0 Å². The third kappa shape index (κ3) is 2.82. The lowest BCUT2D eigenvalue weighted by Gasteiger charge is -2.21. The van der Waals surface area contributed by atoms with E-state index in [0.717, 1.165) is 5.56 Å². The highest BCUT2D eigenvalue weighted by molar-refractivity contribution is 5.97. The van der Waals surface area contributed by atoms with E-state index in [1.54, 1.807) is 18.2 Å². The summed E-state index contributed by atoms with van der Waals surface area (Å²) in [4.78, 5) is 22.6. The molecular formula is C12H15NO3. The molecule has 0 heterocycles. The number of hydrogen-bond donors (Lipinski definition) is 2. The van der Waals surface area contributed by atoms with Crippen LogP contribution in [-0.2, 0) is 4.79 Å². The van der Waals surface area contributed by atoms with Gasteiger partial charge in [-0.15, -0.1) is 0 Å². The maximum absolute atomic E-state index is 11.7. The van der Waals surface area contributed by atoms with Gasteiger partial charge in [-0.2, -0.15) is 0 Å². The van der Waals surface area contributed by atoms with Gasteiger partial charge < -0.3 is 10.4 Å². The fourth-order valence-corrected chi connectivity index (χ4v) is 1.20. The molecule has 0 saturated carbocycles. The molecule has 0 aromatic heterocycles. The van der Waals surface area contributed by atoms with Gasteiger partial charge in [0.2, 0.25) is 0 Å². The molecule has 1 rings (SSSR count). The minimum atomic E-state index is -1.26. The van der Waals surface area contributed by atoms with Gasteiger partial charge in [-0.3, -0.25) is 4.79 Å². The van der Waals surface area contributed by atoms with Gasteiger partial charge in [0.1, 0.15) is 5.54 Å². The Balaban J connectivity index is 2.85. The summed E-state index contributed by atoms with van der Waals surface area (Å²) in [5.41, 5.74) is 0.163. The summed E-state index contributed by atoms with van der Waals surface area (Å²) in [6.45, 7) is 4.77. The van der Waals surface area contributed by atoms with E-state index in [2.05, 4.69) is 5.32 Å². The second kappa shape index (κ2) is 4.35. The molecule has 0 spiro atoms. The number of carboxylic acid groups (broad SMARTS) is 1. The second-order valence-corrected chi connectivity index (χ2v) is 4.25. The number of benzene rings is 1. The summed E-state index contributed by atoms with van der Waals surface area (Å²) >= 11 is 0. The van der Waals surface area contributed by atoms with Gasteiger partial charge in [-0.25, -0.2) is 4.79 Å². The number of carbonyl (C=O) groups excluding carboxylic acids is 1. The number of carbonyl (C=O) groups is 2. The van der Waals surface area contributed by atoms with Gasteiger partial charge in [0.05, 0.1) is 0 Å². The molecule has 1 aromatic carbocycles. The largest absolute Gasteiger partial charge is 0.480 e. The fraction of sp³-hybridized carbons (Fsp3) is 0.333. The second-order valence-electron chi connectivity index (χ2n) is 4.25. The molecule has 0 fully saturated rings. The van der Waals surface area contributed by atoms with Crippen LogP contribution in [0.2, 0.25) is 0 Å². The van der Waals surface area contributed by atoms with Crippen molar-refractivity contribution in [1.29, 1.82) is 0 Å². The van der Waals surface area contributed by atoms with Crippen LogP contribution >= 0.6 is 0 Å². The van der Waals surface area contributed by atoms with E-state index >= 15 is 0 Å². The Morgan fingerprint density at radius 2 is 1.94 bits per heavy atom. The number of nitrogens with one attached hydrogen (secondary N) is 1. The third-order valence-corrected chi connectivity index (χ3v) is 2.24. The van der Waals surface area contributed by atoms with Gasteiger partial charge >= 0.3 is 5.97 Å². The van der Waals surface area contributed by atoms with Gasteiger partial charge in [0, 0.05) is 5.56 Å². The standard InChI is InChI=1S/C12H15NO3/c1-8-5-4-6-9(7-8)10(14)13-12(2,3)11(15)16/h4-7H,1-3H3,(H,13,14)(H,15,16). The van der Waals surface area contributed by atoms with E-state index in [4.69, 9.17) is 5.11 Å². The van der Waals surface area contributed by atoms with Crippen molar-refractivity contribution in [3.63, 3.8) is 0 Å². The molecule has 0 aliphatic carbocycles. The predicted octanol–water partition coefficient (Wildman–Crippen LogP) is 1.59. The van der Waals surface area contributed by atoms with Gasteiger partial charge in [-0.05, 0) is 32.9 Å². The summed E-state index contributed by atoms with van der Waals surface area (Å²) in [7, 11) is 0. The normalized spacial score (nSPS) is 10.9. The zero-order valence-electron chi connectivity index (χ0n) is 9.57. The van der Waals surface area contributed by atoms with E-state index in [-0.39, 0.29) is 5.91 Å². The van der Waals surface area contributed by atoms with Crippen LogP contribution in [0.5, 0.6) is 0 Å². The molecule has 0 aliphatic heterocycles. The highest BCUT2D eigenvalue weighted by atomic mass is 16.4. The molecule has 4 heteroatoms. The van der Waals surface area contributed by atoms with Crippen LogP contribution in [-0.4, -0.2) is 22.5 Å². The van der Waals surface area contributed by atoms with Crippen LogP contribution < -0.4 is 5.32 Å². The zero-order valence-corrected chi connectivity index (χ0v) is 9.57. The third-order valence-electron chi connectivity index (χ3n) is 2.24. The van der Waals surface area contributed by atoms with E-state index in [9.17, 15) is 9.59 Å². The summed E-state index contributed by atoms with van der Waals surface area (Å²) in [5, 5.41) is 11.3. The first-order valence-corrected chi connectivity index (χ1v) is 4.95. The van der Waals surface area contributed by atoms with Crippen molar-refractivity contribution in [2.45, 2.75) is 26.3 Å². The molecule has 86 valence electrons. The van der Waals surface area contributed by atoms with Gasteiger partial charge in [-0.1, -0.05) is 17.7 Å². The van der Waals surface area contributed by atoms with Gasteiger partial charge in [0.15, 0.2) is 0 Å². The van der Waals surface area contributed by atoms with Gasteiger partial charge in [0.25, 0.3) is 5.91 Å². The Bertz CT molecular complexity index is 424. The predicted molar refractivity (Wildman–Crippen MR) is 60.4 cm³/mol. The van der Waals surface area contributed by atoms with E-state index in [1.807, 2.05) is 13.0 Å². The van der Waals surface area contributed by atoms with Crippen LogP contribution in [0.15, 0.2) is 24.3 Å². The first-order valence-electron chi connectivity index (χ1n) is 4.95. The summed E-state index contributed by atoms with van der Waals surface area (Å²) in [6, 6.07) is 7.00. The summed E-state index contributed by atoms with van der Waals surface area (Å²) < 4.78 is 0. The number of carboxylic acids is 1. The lowest BCUT2D eigenvalue weighted by Crippen LogP contribution is -2.49.